The fraction of sp³-hybridized carbons (Fsp3) is 0. The van der Waals surface area contributed by atoms with Gasteiger partial charge in [0, 0.05) is 32.5 Å². The zero-order chi connectivity index (χ0) is 37.2. The monoisotopic (exact) mass is 726 g/mol. The molecule has 5 nitrogen and oxygen atoms in total. The van der Waals surface area contributed by atoms with Gasteiger partial charge in [-0.05, 0) is 87.9 Å². The van der Waals surface area contributed by atoms with Gasteiger partial charge >= 0.3 is 0 Å². The van der Waals surface area contributed by atoms with Crippen LogP contribution in [0.3, 0.4) is 0 Å². The Balaban J connectivity index is 1.07. The summed E-state index contributed by atoms with van der Waals surface area (Å²) < 4.78 is 11.0. The van der Waals surface area contributed by atoms with E-state index in [2.05, 4.69) is 161 Å². The lowest BCUT2D eigenvalue weighted by Gasteiger charge is -2.21. The van der Waals surface area contributed by atoms with E-state index in [1.54, 1.807) is 0 Å². The van der Waals surface area contributed by atoms with Crippen molar-refractivity contribution in [3.63, 3.8) is 0 Å². The Bertz CT molecular complexity index is 3680. The molecule has 264 valence electrons. The number of hydrogen-bond acceptors (Lipinski definition) is 3. The highest BCUT2D eigenvalue weighted by molar-refractivity contribution is 6.22. The van der Waals surface area contributed by atoms with Crippen LogP contribution in [0.25, 0.3) is 110 Å². The molecule has 4 heterocycles. The smallest absolute Gasteiger partial charge is 0.235 e. The van der Waals surface area contributed by atoms with Crippen molar-refractivity contribution in [2.75, 3.05) is 0 Å². The number of para-hydroxylation sites is 2. The van der Waals surface area contributed by atoms with E-state index in [9.17, 15) is 0 Å². The van der Waals surface area contributed by atoms with Gasteiger partial charge in [0.1, 0.15) is 11.5 Å². The molecule has 1 aliphatic rings. The van der Waals surface area contributed by atoms with Crippen molar-refractivity contribution in [3.05, 3.63) is 182 Å². The highest BCUT2D eigenvalue weighted by Gasteiger charge is 2.25. The second-order valence-corrected chi connectivity index (χ2v) is 15.0. The Labute approximate surface area is 326 Å². The normalized spacial score (nSPS) is 12.4. The lowest BCUT2D eigenvalue weighted by atomic mass is 9.99. The molecule has 57 heavy (non-hydrogen) atoms. The maximum Gasteiger partial charge on any atom is 0.235 e. The van der Waals surface area contributed by atoms with E-state index in [0.29, 0.717) is 5.95 Å². The average Bonchev–Trinajstić information content (AvgIpc) is 3.78. The molecule has 0 spiro atoms. The Morgan fingerprint density at radius 3 is 1.98 bits per heavy atom. The van der Waals surface area contributed by atoms with Gasteiger partial charge in [-0.1, -0.05) is 121 Å². The summed E-state index contributed by atoms with van der Waals surface area (Å²) in [5.41, 5.74) is 10.7. The van der Waals surface area contributed by atoms with Crippen molar-refractivity contribution in [2.45, 2.75) is 0 Å². The molecule has 0 radical (unpaired) electrons. The minimum atomic E-state index is 0.634. The Morgan fingerprint density at radius 1 is 0.386 bits per heavy atom. The first-order chi connectivity index (χ1) is 28.3. The molecule has 0 atom stereocenters. The summed E-state index contributed by atoms with van der Waals surface area (Å²) in [5.74, 6) is 2.22. The topological polar surface area (TPSA) is 44.9 Å². The molecule has 13 rings (SSSR count). The summed E-state index contributed by atoms with van der Waals surface area (Å²) in [6.07, 6.45) is 0. The van der Waals surface area contributed by atoms with Crippen molar-refractivity contribution in [1.82, 2.24) is 19.1 Å². The molecule has 0 aliphatic carbocycles. The number of benzene rings is 9. The Morgan fingerprint density at radius 2 is 1.05 bits per heavy atom. The van der Waals surface area contributed by atoms with Crippen LogP contribution in [0.1, 0.15) is 0 Å². The van der Waals surface area contributed by atoms with Crippen molar-refractivity contribution in [1.29, 1.82) is 0 Å². The molecule has 0 fully saturated rings. The fourth-order valence-corrected chi connectivity index (χ4v) is 9.39. The van der Waals surface area contributed by atoms with Crippen LogP contribution < -0.4 is 4.74 Å². The third kappa shape index (κ3) is 4.28. The lowest BCUT2D eigenvalue weighted by Crippen LogP contribution is -2.06. The van der Waals surface area contributed by atoms with Gasteiger partial charge in [-0.3, -0.25) is 4.57 Å². The lowest BCUT2D eigenvalue weighted by molar-refractivity contribution is 0.486. The van der Waals surface area contributed by atoms with Gasteiger partial charge in [-0.2, -0.15) is 0 Å². The van der Waals surface area contributed by atoms with E-state index >= 15 is 0 Å². The molecule has 3 aromatic heterocycles. The maximum absolute atomic E-state index is 6.32. The molecule has 0 bridgehead atoms. The predicted octanol–water partition coefficient (Wildman–Crippen LogP) is 13.6. The molecule has 1 aliphatic heterocycles. The third-order valence-electron chi connectivity index (χ3n) is 11.9. The van der Waals surface area contributed by atoms with E-state index in [-0.39, 0.29) is 0 Å². The second-order valence-electron chi connectivity index (χ2n) is 15.0. The van der Waals surface area contributed by atoms with Gasteiger partial charge in [0.05, 0.1) is 44.4 Å². The van der Waals surface area contributed by atoms with Gasteiger partial charge in [-0.25, -0.2) is 9.97 Å². The third-order valence-corrected chi connectivity index (χ3v) is 11.9. The minimum absolute atomic E-state index is 0.634. The number of aromatic nitrogens is 4. The van der Waals surface area contributed by atoms with Crippen molar-refractivity contribution in [2.24, 2.45) is 0 Å². The van der Waals surface area contributed by atoms with Crippen molar-refractivity contribution >= 4 is 76.1 Å². The van der Waals surface area contributed by atoms with Crippen molar-refractivity contribution < 1.29 is 4.74 Å². The van der Waals surface area contributed by atoms with Gasteiger partial charge in [-0.15, -0.1) is 0 Å². The van der Waals surface area contributed by atoms with Crippen LogP contribution >= 0.6 is 0 Å². The van der Waals surface area contributed by atoms with E-state index in [0.717, 1.165) is 66.6 Å². The van der Waals surface area contributed by atoms with Crippen LogP contribution in [0, 0.1) is 0 Å². The highest BCUT2D eigenvalue weighted by Crippen LogP contribution is 2.46. The van der Waals surface area contributed by atoms with Crippen LogP contribution in [0.2, 0.25) is 0 Å². The molecular weight excluding hydrogens is 697 g/mol. The zero-order valence-corrected chi connectivity index (χ0v) is 30.5. The first kappa shape index (κ1) is 30.6. The maximum atomic E-state index is 6.32. The molecule has 0 unspecified atom stereocenters. The summed E-state index contributed by atoms with van der Waals surface area (Å²) in [4.78, 5) is 10.6. The molecule has 5 heteroatoms. The summed E-state index contributed by atoms with van der Waals surface area (Å²) >= 11 is 0. The molecular formula is C52H30N4O. The zero-order valence-electron chi connectivity index (χ0n) is 30.5. The van der Waals surface area contributed by atoms with Gasteiger partial charge in [0.2, 0.25) is 5.95 Å². The standard InChI is InChI=1S/C52H30N4O/c1-3-14-35-31(11-1)13-9-20-42(35)55-44-27-25-33(29-40(44)49-36-15-4-2-12-32(36)24-28-45(49)55)34-23-26-38-37-16-5-7-19-43(37)56(46(38)30-34)52-53-41-18-10-22-48-50(41)51(54-52)39-17-6-8-21-47(39)57-48/h1-30H. The molecule has 12 aromatic rings. The first-order valence-corrected chi connectivity index (χ1v) is 19.3. The van der Waals surface area contributed by atoms with Crippen LogP contribution in [0.15, 0.2) is 182 Å². The minimum Gasteiger partial charge on any atom is -0.456 e. The summed E-state index contributed by atoms with van der Waals surface area (Å²) in [6, 6.07) is 65.1. The average molecular weight is 727 g/mol. The van der Waals surface area contributed by atoms with Crippen LogP contribution in [-0.2, 0) is 0 Å². The van der Waals surface area contributed by atoms with E-state index in [1.807, 2.05) is 30.3 Å². The molecule has 9 aromatic carbocycles. The molecule has 0 saturated heterocycles. The second kappa shape index (κ2) is 11.4. The van der Waals surface area contributed by atoms with E-state index in [1.165, 1.54) is 49.0 Å². The quantitative estimate of drug-likeness (QED) is 0.182. The number of fused-ring (bicyclic) bond motifs is 11. The number of hydrogen-bond donors (Lipinski definition) is 0. The number of rotatable bonds is 3. The fourth-order valence-electron chi connectivity index (χ4n) is 9.39. The number of ether oxygens (including phenoxy) is 1. The summed E-state index contributed by atoms with van der Waals surface area (Å²) in [7, 11) is 0. The SMILES string of the molecule is c1ccc2c(c1)Oc1cccc3nc(-n4c5ccccc5c5ccc(-c6ccc7c(c6)c6c8ccccc8ccc6n7-c6cccc7ccccc67)cc54)nc-2c13. The van der Waals surface area contributed by atoms with E-state index in [4.69, 9.17) is 14.7 Å². The van der Waals surface area contributed by atoms with Crippen LogP contribution in [-0.4, -0.2) is 19.1 Å². The van der Waals surface area contributed by atoms with E-state index < -0.39 is 0 Å². The largest absolute Gasteiger partial charge is 0.456 e. The highest BCUT2D eigenvalue weighted by atomic mass is 16.5. The summed E-state index contributed by atoms with van der Waals surface area (Å²) in [5, 5.41) is 10.7. The molecule has 0 saturated carbocycles. The molecule has 0 N–H and O–H groups in total. The Kier molecular flexibility index (Phi) is 6.10. The number of nitrogens with zero attached hydrogens (tertiary/aromatic N) is 4. The van der Waals surface area contributed by atoms with Crippen LogP contribution in [0.5, 0.6) is 11.5 Å². The van der Waals surface area contributed by atoms with Crippen molar-refractivity contribution in [3.8, 4) is 45.5 Å². The van der Waals surface area contributed by atoms with Gasteiger partial charge in [0.15, 0.2) is 0 Å². The summed E-state index contributed by atoms with van der Waals surface area (Å²) in [6.45, 7) is 0. The van der Waals surface area contributed by atoms with Gasteiger partial charge < -0.3 is 9.30 Å². The molecule has 0 amide bonds. The van der Waals surface area contributed by atoms with Gasteiger partial charge in [0.25, 0.3) is 0 Å². The van der Waals surface area contributed by atoms with Crippen LogP contribution in [0.4, 0.5) is 0 Å². The Hall–Kier alpha value is -7.76. The predicted molar refractivity (Wildman–Crippen MR) is 234 cm³/mol. The first-order valence-electron chi connectivity index (χ1n) is 19.3.